The number of hydrogen-bond acceptors (Lipinski definition) is 3. The average molecular weight is 344 g/mol. The summed E-state index contributed by atoms with van der Waals surface area (Å²) in [4.78, 5) is 25.8. The molecule has 4 nitrogen and oxygen atoms in total. The molecule has 1 amide bonds. The summed E-state index contributed by atoms with van der Waals surface area (Å²) in [7, 11) is 0. The van der Waals surface area contributed by atoms with Crippen molar-refractivity contribution in [2.45, 2.75) is 20.3 Å². The van der Waals surface area contributed by atoms with E-state index in [4.69, 9.17) is 27.9 Å². The number of rotatable bonds is 3. The zero-order chi connectivity index (χ0) is 16.3. The van der Waals surface area contributed by atoms with E-state index >= 15 is 0 Å². The number of ether oxygens (including phenoxy) is 1. The number of esters is 1. The molecule has 2 rings (SSSR count). The van der Waals surface area contributed by atoms with Gasteiger partial charge >= 0.3 is 5.97 Å². The summed E-state index contributed by atoms with van der Waals surface area (Å²) in [5, 5.41) is 0.645. The molecule has 1 aromatic carbocycles. The summed E-state index contributed by atoms with van der Waals surface area (Å²) < 4.78 is 5.08. The number of amides is 1. The molecule has 1 heterocycles. The molecule has 0 radical (unpaired) electrons. The molecular weight excluding hydrogens is 325 g/mol. The second kappa shape index (κ2) is 7.34. The molecule has 2 atom stereocenters. The third-order valence-corrected chi connectivity index (χ3v) is 4.44. The van der Waals surface area contributed by atoms with Crippen molar-refractivity contribution in [1.82, 2.24) is 4.90 Å². The first-order chi connectivity index (χ1) is 10.4. The van der Waals surface area contributed by atoms with Crippen LogP contribution in [0.5, 0.6) is 0 Å². The Balaban J connectivity index is 1.90. The van der Waals surface area contributed by atoms with Crippen molar-refractivity contribution in [1.29, 1.82) is 0 Å². The van der Waals surface area contributed by atoms with Crippen LogP contribution in [0.2, 0.25) is 10.0 Å². The van der Waals surface area contributed by atoms with Crippen LogP contribution in [0.25, 0.3) is 0 Å². The van der Waals surface area contributed by atoms with Crippen LogP contribution in [0.1, 0.15) is 30.6 Å². The monoisotopic (exact) mass is 343 g/mol. The van der Waals surface area contributed by atoms with Crippen LogP contribution >= 0.6 is 23.2 Å². The quantitative estimate of drug-likeness (QED) is 0.787. The van der Waals surface area contributed by atoms with Crippen molar-refractivity contribution in [3.8, 4) is 0 Å². The molecule has 0 aromatic heterocycles. The largest absolute Gasteiger partial charge is 0.452 e. The summed E-state index contributed by atoms with van der Waals surface area (Å²) in [6, 6.07) is 4.48. The van der Waals surface area contributed by atoms with E-state index in [1.807, 2.05) is 0 Å². The molecule has 0 aliphatic carbocycles. The van der Waals surface area contributed by atoms with E-state index in [1.54, 1.807) is 4.90 Å². The zero-order valence-electron chi connectivity index (χ0n) is 12.6. The molecule has 1 aromatic rings. The van der Waals surface area contributed by atoms with E-state index < -0.39 is 5.97 Å². The Morgan fingerprint density at radius 2 is 1.82 bits per heavy atom. The fraction of sp³-hybridized carbons (Fsp3) is 0.500. The minimum Gasteiger partial charge on any atom is -0.452 e. The lowest BCUT2D eigenvalue weighted by atomic mass is 9.92. The predicted molar refractivity (Wildman–Crippen MR) is 86.3 cm³/mol. The van der Waals surface area contributed by atoms with Gasteiger partial charge in [-0.25, -0.2) is 4.79 Å². The van der Waals surface area contributed by atoms with E-state index in [0.717, 1.165) is 6.42 Å². The summed E-state index contributed by atoms with van der Waals surface area (Å²) in [5.74, 6) is 0.203. The zero-order valence-corrected chi connectivity index (χ0v) is 14.2. The first-order valence-corrected chi connectivity index (χ1v) is 8.02. The van der Waals surface area contributed by atoms with Gasteiger partial charge in [0.25, 0.3) is 5.91 Å². The molecule has 2 unspecified atom stereocenters. The van der Waals surface area contributed by atoms with Crippen molar-refractivity contribution in [2.24, 2.45) is 11.8 Å². The Kier molecular flexibility index (Phi) is 5.70. The number of benzene rings is 1. The van der Waals surface area contributed by atoms with Crippen LogP contribution < -0.4 is 0 Å². The van der Waals surface area contributed by atoms with Gasteiger partial charge in [-0.3, -0.25) is 4.79 Å². The molecule has 1 fully saturated rings. The molecular formula is C16H19Cl2NO3. The first-order valence-electron chi connectivity index (χ1n) is 7.26. The number of halogens is 2. The van der Waals surface area contributed by atoms with Crippen LogP contribution in [0, 0.1) is 11.8 Å². The second-order valence-electron chi connectivity index (χ2n) is 5.95. The number of hydrogen-bond donors (Lipinski definition) is 0. The van der Waals surface area contributed by atoms with Crippen molar-refractivity contribution in [3.63, 3.8) is 0 Å². The van der Waals surface area contributed by atoms with Gasteiger partial charge in [0.05, 0.1) is 15.6 Å². The number of carbonyl (C=O) groups is 2. The van der Waals surface area contributed by atoms with Gasteiger partial charge in [0.1, 0.15) is 0 Å². The molecule has 0 spiro atoms. The van der Waals surface area contributed by atoms with Gasteiger partial charge in [-0.05, 0) is 36.5 Å². The highest BCUT2D eigenvalue weighted by molar-refractivity contribution is 6.42. The van der Waals surface area contributed by atoms with Gasteiger partial charge in [-0.1, -0.05) is 37.0 Å². The second-order valence-corrected chi connectivity index (χ2v) is 6.76. The number of piperidine rings is 1. The molecule has 1 aliphatic heterocycles. The molecule has 22 heavy (non-hydrogen) atoms. The van der Waals surface area contributed by atoms with Gasteiger partial charge in [0.2, 0.25) is 0 Å². The van der Waals surface area contributed by atoms with Gasteiger partial charge in [0.15, 0.2) is 6.61 Å². The van der Waals surface area contributed by atoms with Crippen molar-refractivity contribution in [3.05, 3.63) is 33.8 Å². The topological polar surface area (TPSA) is 46.6 Å². The maximum atomic E-state index is 12.1. The highest BCUT2D eigenvalue weighted by Crippen LogP contribution is 2.23. The van der Waals surface area contributed by atoms with Crippen LogP contribution in [0.15, 0.2) is 18.2 Å². The SMILES string of the molecule is CC1CC(C)CN(C(=O)COC(=O)c2ccc(Cl)c(Cl)c2)C1. The summed E-state index contributed by atoms with van der Waals surface area (Å²) in [6.45, 7) is 5.43. The van der Waals surface area contributed by atoms with Gasteiger partial charge in [0, 0.05) is 13.1 Å². The normalized spacial score (nSPS) is 21.5. The van der Waals surface area contributed by atoms with E-state index in [0.29, 0.717) is 29.9 Å². The summed E-state index contributed by atoms with van der Waals surface area (Å²) in [6.07, 6.45) is 1.12. The van der Waals surface area contributed by atoms with Gasteiger partial charge < -0.3 is 9.64 Å². The van der Waals surface area contributed by atoms with Crippen molar-refractivity contribution in [2.75, 3.05) is 19.7 Å². The molecule has 0 N–H and O–H groups in total. The van der Waals surface area contributed by atoms with E-state index in [-0.39, 0.29) is 23.1 Å². The third-order valence-electron chi connectivity index (χ3n) is 3.70. The van der Waals surface area contributed by atoms with E-state index in [9.17, 15) is 9.59 Å². The molecule has 1 aliphatic rings. The first kappa shape index (κ1) is 17.1. The third kappa shape index (κ3) is 4.37. The average Bonchev–Trinajstić information content (AvgIpc) is 2.46. The lowest BCUT2D eigenvalue weighted by molar-refractivity contribution is -0.137. The Labute approximate surface area is 140 Å². The summed E-state index contributed by atoms with van der Waals surface area (Å²) in [5.41, 5.74) is 0.280. The minimum atomic E-state index is -0.579. The lowest BCUT2D eigenvalue weighted by Gasteiger charge is -2.34. The van der Waals surface area contributed by atoms with Gasteiger partial charge in [-0.15, -0.1) is 0 Å². The standard InChI is InChI=1S/C16H19Cl2NO3/c1-10-5-11(2)8-19(7-10)15(20)9-22-16(21)12-3-4-13(17)14(18)6-12/h3-4,6,10-11H,5,7-9H2,1-2H3. The maximum absolute atomic E-state index is 12.1. The van der Waals surface area contributed by atoms with E-state index in [2.05, 4.69) is 13.8 Å². The van der Waals surface area contributed by atoms with Crippen molar-refractivity contribution >= 4 is 35.1 Å². The maximum Gasteiger partial charge on any atom is 0.338 e. The highest BCUT2D eigenvalue weighted by Gasteiger charge is 2.26. The van der Waals surface area contributed by atoms with Crippen LogP contribution in [-0.4, -0.2) is 36.5 Å². The fourth-order valence-corrected chi connectivity index (χ4v) is 3.09. The Morgan fingerprint density at radius 3 is 2.41 bits per heavy atom. The Bertz CT molecular complexity index is 567. The number of nitrogens with zero attached hydrogens (tertiary/aromatic N) is 1. The Hall–Kier alpha value is -1.26. The number of likely N-dealkylation sites (tertiary alicyclic amines) is 1. The molecule has 6 heteroatoms. The lowest BCUT2D eigenvalue weighted by Crippen LogP contribution is -2.44. The molecule has 0 bridgehead atoms. The van der Waals surface area contributed by atoms with Crippen LogP contribution in [0.4, 0.5) is 0 Å². The minimum absolute atomic E-state index is 0.160. The molecule has 0 saturated carbocycles. The van der Waals surface area contributed by atoms with Gasteiger partial charge in [-0.2, -0.15) is 0 Å². The van der Waals surface area contributed by atoms with E-state index in [1.165, 1.54) is 18.2 Å². The summed E-state index contributed by atoms with van der Waals surface area (Å²) >= 11 is 11.7. The highest BCUT2D eigenvalue weighted by atomic mass is 35.5. The molecule has 1 saturated heterocycles. The van der Waals surface area contributed by atoms with Crippen molar-refractivity contribution < 1.29 is 14.3 Å². The molecule has 120 valence electrons. The van der Waals surface area contributed by atoms with Crippen LogP contribution in [-0.2, 0) is 9.53 Å². The number of carbonyl (C=O) groups excluding carboxylic acids is 2. The smallest absolute Gasteiger partial charge is 0.338 e. The fourth-order valence-electron chi connectivity index (χ4n) is 2.79. The predicted octanol–water partition coefficient (Wildman–Crippen LogP) is 3.65. The Morgan fingerprint density at radius 1 is 1.18 bits per heavy atom. The van der Waals surface area contributed by atoms with Crippen LogP contribution in [0.3, 0.4) is 0 Å².